The van der Waals surface area contributed by atoms with Crippen LogP contribution in [0.25, 0.3) is 10.8 Å². The average molecular weight is 473 g/mol. The number of carbonyl (C=O) groups excluding carboxylic acids is 2. The highest BCUT2D eigenvalue weighted by Crippen LogP contribution is 2.34. The lowest BCUT2D eigenvalue weighted by Gasteiger charge is -2.35. The largest absolute Gasteiger partial charge is 0.497 e. The van der Waals surface area contributed by atoms with Crippen molar-refractivity contribution in [3.8, 4) is 11.5 Å². The Kier molecular flexibility index (Phi) is 6.62. The van der Waals surface area contributed by atoms with Crippen LogP contribution in [-0.2, 0) is 11.3 Å². The molecule has 0 spiro atoms. The number of benzene rings is 3. The molecular formula is C29H32N2O4. The molecule has 0 unspecified atom stereocenters. The van der Waals surface area contributed by atoms with Gasteiger partial charge >= 0.3 is 0 Å². The predicted molar refractivity (Wildman–Crippen MR) is 136 cm³/mol. The zero-order valence-electron chi connectivity index (χ0n) is 20.4. The van der Waals surface area contributed by atoms with Crippen LogP contribution in [0.15, 0.2) is 60.7 Å². The molecule has 5 rings (SSSR count). The van der Waals surface area contributed by atoms with Crippen molar-refractivity contribution in [2.24, 2.45) is 5.92 Å². The Morgan fingerprint density at radius 1 is 0.914 bits per heavy atom. The third-order valence-electron chi connectivity index (χ3n) is 7.25. The maximum atomic E-state index is 13.6. The molecule has 2 fully saturated rings. The third kappa shape index (κ3) is 4.83. The van der Waals surface area contributed by atoms with Crippen LogP contribution < -0.4 is 9.47 Å². The molecule has 1 aliphatic carbocycles. The van der Waals surface area contributed by atoms with Crippen LogP contribution in [-0.4, -0.2) is 55.0 Å². The molecule has 35 heavy (non-hydrogen) atoms. The summed E-state index contributed by atoms with van der Waals surface area (Å²) in [5.41, 5.74) is 1.69. The Balaban J connectivity index is 1.27. The van der Waals surface area contributed by atoms with Gasteiger partial charge < -0.3 is 19.3 Å². The van der Waals surface area contributed by atoms with Gasteiger partial charge in [-0.15, -0.1) is 0 Å². The van der Waals surface area contributed by atoms with Crippen LogP contribution in [0.2, 0.25) is 0 Å². The Morgan fingerprint density at radius 2 is 1.66 bits per heavy atom. The Hall–Kier alpha value is -3.54. The van der Waals surface area contributed by atoms with Gasteiger partial charge in [-0.1, -0.05) is 36.4 Å². The molecule has 1 heterocycles. The van der Waals surface area contributed by atoms with E-state index in [0.29, 0.717) is 32.5 Å². The molecule has 6 heteroatoms. The van der Waals surface area contributed by atoms with E-state index >= 15 is 0 Å². The van der Waals surface area contributed by atoms with Gasteiger partial charge in [-0.2, -0.15) is 0 Å². The number of likely N-dealkylation sites (tertiary alicyclic amines) is 1. The molecule has 0 aromatic heterocycles. The molecule has 2 amide bonds. The number of ether oxygens (including phenoxy) is 2. The number of fused-ring (bicyclic) bond motifs is 1. The number of hydrogen-bond acceptors (Lipinski definition) is 4. The SMILES string of the molecule is COc1ccc(OC)c(CN(C(=O)C2CCN(C(=O)c3cccc4ccccc34)CC2)C2CC2)c1. The molecule has 1 saturated heterocycles. The molecule has 0 radical (unpaired) electrons. The quantitative estimate of drug-likeness (QED) is 0.491. The molecule has 1 saturated carbocycles. The lowest BCUT2D eigenvalue weighted by molar-refractivity contribution is -0.138. The Labute approximate surface area is 206 Å². The van der Waals surface area contributed by atoms with Crippen molar-refractivity contribution >= 4 is 22.6 Å². The van der Waals surface area contributed by atoms with Gasteiger partial charge in [0, 0.05) is 42.7 Å². The summed E-state index contributed by atoms with van der Waals surface area (Å²) < 4.78 is 10.9. The van der Waals surface area contributed by atoms with Gasteiger partial charge in [-0.3, -0.25) is 9.59 Å². The van der Waals surface area contributed by atoms with Gasteiger partial charge in [0.15, 0.2) is 0 Å². The highest BCUT2D eigenvalue weighted by Gasteiger charge is 2.38. The lowest BCUT2D eigenvalue weighted by Crippen LogP contribution is -2.45. The van der Waals surface area contributed by atoms with E-state index in [1.807, 2.05) is 70.5 Å². The minimum absolute atomic E-state index is 0.0489. The smallest absolute Gasteiger partial charge is 0.254 e. The first kappa shape index (κ1) is 23.2. The van der Waals surface area contributed by atoms with E-state index in [-0.39, 0.29) is 23.8 Å². The Morgan fingerprint density at radius 3 is 2.37 bits per heavy atom. The number of piperidine rings is 1. The lowest BCUT2D eigenvalue weighted by atomic mass is 9.94. The molecule has 0 bridgehead atoms. The molecule has 6 nitrogen and oxygen atoms in total. The standard InChI is InChI=1S/C29H32N2O4/c1-34-24-12-13-27(35-2)22(18-24)19-31(23-10-11-23)28(32)21-14-16-30(17-15-21)29(33)26-9-5-7-20-6-3-4-8-25(20)26/h3-9,12-13,18,21,23H,10-11,14-17,19H2,1-2H3. The molecule has 3 aromatic rings. The minimum atomic E-state index is -0.0660. The van der Waals surface area contributed by atoms with Crippen molar-refractivity contribution in [2.75, 3.05) is 27.3 Å². The Bertz CT molecular complexity index is 1220. The van der Waals surface area contributed by atoms with E-state index < -0.39 is 0 Å². The molecule has 3 aromatic carbocycles. The summed E-state index contributed by atoms with van der Waals surface area (Å²) >= 11 is 0. The number of methoxy groups -OCH3 is 2. The monoisotopic (exact) mass is 472 g/mol. The van der Waals surface area contributed by atoms with Crippen LogP contribution in [0.1, 0.15) is 41.6 Å². The zero-order valence-corrected chi connectivity index (χ0v) is 20.4. The molecule has 182 valence electrons. The molecule has 0 atom stereocenters. The van der Waals surface area contributed by atoms with Crippen molar-refractivity contribution in [1.82, 2.24) is 9.80 Å². The fourth-order valence-electron chi connectivity index (χ4n) is 5.11. The summed E-state index contributed by atoms with van der Waals surface area (Å²) in [6, 6.07) is 19.8. The van der Waals surface area contributed by atoms with Crippen LogP contribution in [0, 0.1) is 5.92 Å². The first-order valence-electron chi connectivity index (χ1n) is 12.4. The average Bonchev–Trinajstić information content (AvgIpc) is 3.76. The highest BCUT2D eigenvalue weighted by molar-refractivity contribution is 6.07. The van der Waals surface area contributed by atoms with Gasteiger partial charge in [-0.25, -0.2) is 0 Å². The first-order valence-corrected chi connectivity index (χ1v) is 12.4. The summed E-state index contributed by atoms with van der Waals surface area (Å²) in [6.45, 7) is 1.71. The van der Waals surface area contributed by atoms with E-state index in [9.17, 15) is 9.59 Å². The number of hydrogen-bond donors (Lipinski definition) is 0. The molecular weight excluding hydrogens is 440 g/mol. The summed E-state index contributed by atoms with van der Waals surface area (Å²) in [6.07, 6.45) is 3.45. The van der Waals surface area contributed by atoms with Crippen molar-refractivity contribution in [3.63, 3.8) is 0 Å². The fraction of sp³-hybridized carbons (Fsp3) is 0.379. The zero-order chi connectivity index (χ0) is 24.4. The second-order valence-corrected chi connectivity index (χ2v) is 9.47. The van der Waals surface area contributed by atoms with E-state index in [1.165, 1.54) is 0 Å². The van der Waals surface area contributed by atoms with Crippen molar-refractivity contribution in [1.29, 1.82) is 0 Å². The summed E-state index contributed by atoms with van der Waals surface area (Å²) in [7, 11) is 3.29. The maximum Gasteiger partial charge on any atom is 0.254 e. The first-order chi connectivity index (χ1) is 17.1. The molecule has 0 N–H and O–H groups in total. The van der Waals surface area contributed by atoms with Crippen LogP contribution in [0.4, 0.5) is 0 Å². The number of nitrogens with zero attached hydrogens (tertiary/aromatic N) is 2. The fourth-order valence-corrected chi connectivity index (χ4v) is 5.11. The number of amides is 2. The van der Waals surface area contributed by atoms with E-state index in [0.717, 1.165) is 46.2 Å². The van der Waals surface area contributed by atoms with Gasteiger partial charge in [0.05, 0.1) is 14.2 Å². The molecule has 2 aliphatic rings. The second kappa shape index (κ2) is 9.98. The van der Waals surface area contributed by atoms with Gasteiger partial charge in [0.2, 0.25) is 5.91 Å². The van der Waals surface area contributed by atoms with Gasteiger partial charge in [0.1, 0.15) is 11.5 Å². The van der Waals surface area contributed by atoms with E-state index in [4.69, 9.17) is 9.47 Å². The molecule has 1 aliphatic heterocycles. The number of rotatable bonds is 7. The van der Waals surface area contributed by atoms with Crippen LogP contribution in [0.5, 0.6) is 11.5 Å². The van der Waals surface area contributed by atoms with Crippen LogP contribution in [0.3, 0.4) is 0 Å². The van der Waals surface area contributed by atoms with Crippen molar-refractivity contribution in [3.05, 3.63) is 71.8 Å². The van der Waals surface area contributed by atoms with Gasteiger partial charge in [0.25, 0.3) is 5.91 Å². The van der Waals surface area contributed by atoms with E-state index in [2.05, 4.69) is 0 Å². The third-order valence-corrected chi connectivity index (χ3v) is 7.25. The van der Waals surface area contributed by atoms with E-state index in [1.54, 1.807) is 14.2 Å². The number of carbonyl (C=O) groups is 2. The topological polar surface area (TPSA) is 59.1 Å². The summed E-state index contributed by atoms with van der Waals surface area (Å²) in [5.74, 6) is 1.69. The summed E-state index contributed by atoms with van der Waals surface area (Å²) in [4.78, 5) is 30.8. The highest BCUT2D eigenvalue weighted by atomic mass is 16.5. The van der Waals surface area contributed by atoms with Gasteiger partial charge in [-0.05, 0) is 60.7 Å². The second-order valence-electron chi connectivity index (χ2n) is 9.47. The summed E-state index contributed by atoms with van der Waals surface area (Å²) in [5, 5.41) is 2.04. The van der Waals surface area contributed by atoms with Crippen molar-refractivity contribution < 1.29 is 19.1 Å². The normalized spacial score (nSPS) is 16.2. The predicted octanol–water partition coefficient (Wildman–Crippen LogP) is 4.90. The minimum Gasteiger partial charge on any atom is -0.497 e. The van der Waals surface area contributed by atoms with Crippen molar-refractivity contribution in [2.45, 2.75) is 38.3 Å². The maximum absolute atomic E-state index is 13.6. The van der Waals surface area contributed by atoms with Crippen LogP contribution >= 0.6 is 0 Å².